The van der Waals surface area contributed by atoms with E-state index in [0.717, 1.165) is 29.0 Å². The largest absolute Gasteiger partial charge is 0.490 e. The van der Waals surface area contributed by atoms with Gasteiger partial charge in [-0.15, -0.1) is 0 Å². The molecule has 0 unspecified atom stereocenters. The summed E-state index contributed by atoms with van der Waals surface area (Å²) in [7, 11) is 0. The van der Waals surface area contributed by atoms with Crippen LogP contribution in [-0.2, 0) is 11.2 Å². The molecule has 1 fully saturated rings. The van der Waals surface area contributed by atoms with Crippen LogP contribution in [0, 0.1) is 0 Å². The molecule has 1 aliphatic rings. The Balaban J connectivity index is 1.84. The number of benzene rings is 2. The average molecular weight is 382 g/mol. The molecule has 2 aromatic carbocycles. The molecular weight excluding hydrogens is 362 g/mol. The van der Waals surface area contributed by atoms with E-state index in [2.05, 4.69) is 13.5 Å². The van der Waals surface area contributed by atoms with Crippen LogP contribution < -0.4 is 9.64 Å². The molecule has 0 radical (unpaired) electrons. The third-order valence-corrected chi connectivity index (χ3v) is 5.26. The number of anilines is 1. The summed E-state index contributed by atoms with van der Waals surface area (Å²) in [5.41, 5.74) is 2.91. The van der Waals surface area contributed by atoms with Crippen molar-refractivity contribution in [2.45, 2.75) is 13.3 Å². The van der Waals surface area contributed by atoms with Crippen molar-refractivity contribution in [3.8, 4) is 5.75 Å². The van der Waals surface area contributed by atoms with Gasteiger partial charge < -0.3 is 4.74 Å². The summed E-state index contributed by atoms with van der Waals surface area (Å²) in [6.07, 6.45) is 4.41. The molecule has 3 nitrogen and oxygen atoms in total. The Labute approximate surface area is 163 Å². The maximum Gasteiger partial charge on any atom is 0.270 e. The first-order valence-electron chi connectivity index (χ1n) is 8.33. The zero-order chi connectivity index (χ0) is 18.5. The molecule has 2 aromatic rings. The Bertz CT molecular complexity index is 872. The molecule has 26 heavy (non-hydrogen) atoms. The number of thiocarbonyl (C=S) groups is 1. The van der Waals surface area contributed by atoms with Crippen molar-refractivity contribution < 1.29 is 9.53 Å². The molecule has 0 aromatic heterocycles. The molecule has 0 N–H and O–H groups in total. The number of hydrogen-bond acceptors (Lipinski definition) is 4. The summed E-state index contributed by atoms with van der Waals surface area (Å²) in [5, 5.41) is 0. The lowest BCUT2D eigenvalue weighted by Crippen LogP contribution is -2.28. The van der Waals surface area contributed by atoms with Gasteiger partial charge in [-0.05, 0) is 41.8 Å². The number of nitrogens with zero attached hydrogens (tertiary/aromatic N) is 1. The lowest BCUT2D eigenvalue weighted by Gasteiger charge is -2.18. The number of carbonyl (C=O) groups is 1. The minimum Gasteiger partial charge on any atom is -0.490 e. The molecule has 0 saturated carbocycles. The van der Waals surface area contributed by atoms with Gasteiger partial charge in [-0.3, -0.25) is 9.69 Å². The van der Waals surface area contributed by atoms with Gasteiger partial charge in [0.2, 0.25) is 0 Å². The molecule has 0 bridgehead atoms. The van der Waals surface area contributed by atoms with Crippen LogP contribution in [0.4, 0.5) is 5.69 Å². The predicted octanol–water partition coefficient (Wildman–Crippen LogP) is 5.22. The van der Waals surface area contributed by atoms with Crippen LogP contribution in [0.2, 0.25) is 0 Å². The van der Waals surface area contributed by atoms with Crippen molar-refractivity contribution in [2.75, 3.05) is 11.5 Å². The van der Waals surface area contributed by atoms with Gasteiger partial charge in [0, 0.05) is 0 Å². The molecule has 0 aliphatic carbocycles. The second kappa shape index (κ2) is 8.34. The highest BCUT2D eigenvalue weighted by atomic mass is 32.2. The van der Waals surface area contributed by atoms with E-state index < -0.39 is 0 Å². The third kappa shape index (κ3) is 3.89. The Morgan fingerprint density at radius 1 is 1.19 bits per heavy atom. The number of rotatable bonds is 6. The zero-order valence-electron chi connectivity index (χ0n) is 14.5. The summed E-state index contributed by atoms with van der Waals surface area (Å²) < 4.78 is 6.04. The molecule has 1 saturated heterocycles. The molecule has 1 amide bonds. The molecule has 5 heteroatoms. The van der Waals surface area contributed by atoms with Crippen LogP contribution >= 0.6 is 24.0 Å². The van der Waals surface area contributed by atoms with E-state index in [1.165, 1.54) is 11.8 Å². The van der Waals surface area contributed by atoms with Crippen molar-refractivity contribution in [2.24, 2.45) is 0 Å². The van der Waals surface area contributed by atoms with E-state index in [0.29, 0.717) is 15.8 Å². The zero-order valence-corrected chi connectivity index (χ0v) is 16.1. The first-order chi connectivity index (χ1) is 12.6. The SMILES string of the molecule is C=CCOc1ccc(/C=C2\SC(=S)N(c3ccccc3CC)C2=O)cc1. The van der Waals surface area contributed by atoms with Gasteiger partial charge in [0.05, 0.1) is 10.6 Å². The highest BCUT2D eigenvalue weighted by Crippen LogP contribution is 2.37. The quantitative estimate of drug-likeness (QED) is 0.390. The standard InChI is InChI=1S/C21H19NO2S2/c1-3-13-24-17-11-9-15(10-12-17)14-19-20(23)22(21(25)26-19)18-8-6-5-7-16(18)4-2/h3,5-12,14H,1,4,13H2,2H3/b19-14-. The highest BCUT2D eigenvalue weighted by Gasteiger charge is 2.34. The summed E-state index contributed by atoms with van der Waals surface area (Å²) in [6.45, 7) is 6.17. The number of thioether (sulfide) groups is 1. The normalized spacial score (nSPS) is 15.6. The van der Waals surface area contributed by atoms with E-state index in [1.54, 1.807) is 11.0 Å². The summed E-state index contributed by atoms with van der Waals surface area (Å²) >= 11 is 6.80. The first kappa shape index (κ1) is 18.4. The lowest BCUT2D eigenvalue weighted by molar-refractivity contribution is -0.113. The van der Waals surface area contributed by atoms with Crippen LogP contribution in [0.5, 0.6) is 5.75 Å². The fourth-order valence-electron chi connectivity index (χ4n) is 2.67. The predicted molar refractivity (Wildman–Crippen MR) is 114 cm³/mol. The van der Waals surface area contributed by atoms with Crippen LogP contribution in [0.15, 0.2) is 66.1 Å². The molecule has 1 aliphatic heterocycles. The number of para-hydroxylation sites is 1. The van der Waals surface area contributed by atoms with Crippen molar-refractivity contribution in [1.29, 1.82) is 0 Å². The van der Waals surface area contributed by atoms with Gasteiger partial charge in [-0.2, -0.15) is 0 Å². The van der Waals surface area contributed by atoms with Gasteiger partial charge in [0.15, 0.2) is 4.32 Å². The van der Waals surface area contributed by atoms with E-state index in [1.807, 2.05) is 54.6 Å². The van der Waals surface area contributed by atoms with Crippen LogP contribution in [0.3, 0.4) is 0 Å². The number of carbonyl (C=O) groups excluding carboxylic acids is 1. The molecular formula is C21H19NO2S2. The molecule has 1 heterocycles. The van der Waals surface area contributed by atoms with Gasteiger partial charge in [-0.1, -0.05) is 73.9 Å². The molecule has 0 atom stereocenters. The van der Waals surface area contributed by atoms with E-state index in [9.17, 15) is 4.79 Å². The fraction of sp³-hybridized carbons (Fsp3) is 0.143. The fourth-order valence-corrected chi connectivity index (χ4v) is 3.96. The summed E-state index contributed by atoms with van der Waals surface area (Å²) in [6, 6.07) is 15.5. The van der Waals surface area contributed by atoms with Crippen LogP contribution in [0.25, 0.3) is 6.08 Å². The van der Waals surface area contributed by atoms with Crippen LogP contribution in [-0.4, -0.2) is 16.8 Å². The monoisotopic (exact) mass is 381 g/mol. The average Bonchev–Trinajstić information content (AvgIpc) is 2.94. The van der Waals surface area contributed by atoms with E-state index in [-0.39, 0.29) is 5.91 Å². The van der Waals surface area contributed by atoms with Gasteiger partial charge in [0.1, 0.15) is 12.4 Å². The second-order valence-corrected chi connectivity index (χ2v) is 7.34. The number of ether oxygens (including phenoxy) is 1. The number of hydrogen-bond donors (Lipinski definition) is 0. The molecule has 132 valence electrons. The topological polar surface area (TPSA) is 29.5 Å². The summed E-state index contributed by atoms with van der Waals surface area (Å²) in [4.78, 5) is 15.2. The second-order valence-electron chi connectivity index (χ2n) is 5.67. The van der Waals surface area contributed by atoms with Crippen molar-refractivity contribution in [3.05, 3.63) is 77.2 Å². The Hall–Kier alpha value is -2.37. The Morgan fingerprint density at radius 2 is 1.92 bits per heavy atom. The highest BCUT2D eigenvalue weighted by molar-refractivity contribution is 8.27. The van der Waals surface area contributed by atoms with Crippen molar-refractivity contribution in [1.82, 2.24) is 0 Å². The Kier molecular flexibility index (Phi) is 5.91. The minimum atomic E-state index is -0.0760. The van der Waals surface area contributed by atoms with Crippen LogP contribution in [0.1, 0.15) is 18.1 Å². The maximum atomic E-state index is 12.9. The first-order valence-corrected chi connectivity index (χ1v) is 9.56. The Morgan fingerprint density at radius 3 is 2.62 bits per heavy atom. The van der Waals surface area contributed by atoms with E-state index >= 15 is 0 Å². The van der Waals surface area contributed by atoms with Crippen molar-refractivity contribution in [3.63, 3.8) is 0 Å². The summed E-state index contributed by atoms with van der Waals surface area (Å²) in [5.74, 6) is 0.694. The third-order valence-electron chi connectivity index (χ3n) is 3.95. The number of aryl methyl sites for hydroxylation is 1. The van der Waals surface area contributed by atoms with Crippen molar-refractivity contribution >= 4 is 46.0 Å². The van der Waals surface area contributed by atoms with Gasteiger partial charge in [-0.25, -0.2) is 0 Å². The van der Waals surface area contributed by atoms with Gasteiger partial charge in [0.25, 0.3) is 5.91 Å². The molecule has 3 rings (SSSR count). The van der Waals surface area contributed by atoms with E-state index in [4.69, 9.17) is 17.0 Å². The minimum absolute atomic E-state index is 0.0760. The maximum absolute atomic E-state index is 12.9. The number of amides is 1. The van der Waals surface area contributed by atoms with Gasteiger partial charge >= 0.3 is 0 Å². The molecule has 0 spiro atoms. The smallest absolute Gasteiger partial charge is 0.270 e. The lowest BCUT2D eigenvalue weighted by atomic mass is 10.1.